The Morgan fingerprint density at radius 2 is 2.38 bits per heavy atom. The molecule has 0 saturated heterocycles. The first-order chi connectivity index (χ1) is 10.0. The molecule has 0 radical (unpaired) electrons. The third-order valence-electron chi connectivity index (χ3n) is 3.79. The van der Waals surface area contributed by atoms with Crippen molar-refractivity contribution in [2.75, 3.05) is 6.54 Å². The lowest BCUT2D eigenvalue weighted by Crippen LogP contribution is -2.59. The van der Waals surface area contributed by atoms with E-state index in [4.69, 9.17) is 4.52 Å². The molecule has 0 spiro atoms. The van der Waals surface area contributed by atoms with Gasteiger partial charge in [0.1, 0.15) is 5.54 Å². The molecule has 2 atom stereocenters. The maximum atomic E-state index is 11.9. The van der Waals surface area contributed by atoms with Crippen molar-refractivity contribution in [3.8, 4) is 0 Å². The highest BCUT2D eigenvalue weighted by Crippen LogP contribution is 2.32. The van der Waals surface area contributed by atoms with E-state index in [1.54, 1.807) is 0 Å². The van der Waals surface area contributed by atoms with E-state index in [-0.39, 0.29) is 5.92 Å². The predicted octanol–water partition coefficient (Wildman–Crippen LogP) is 0.945. The van der Waals surface area contributed by atoms with Crippen LogP contribution in [0.1, 0.15) is 38.5 Å². The van der Waals surface area contributed by atoms with E-state index < -0.39 is 17.5 Å². The van der Waals surface area contributed by atoms with E-state index in [1.165, 1.54) is 6.33 Å². The number of amides is 2. The number of nitrogens with one attached hydrogen (secondary N) is 2. The van der Waals surface area contributed by atoms with Gasteiger partial charge in [0.2, 0.25) is 5.89 Å². The number of aliphatic carboxylic acids is 1. The number of aromatic nitrogens is 2. The van der Waals surface area contributed by atoms with Gasteiger partial charge in [0.05, 0.1) is 0 Å². The Kier molecular flexibility index (Phi) is 4.77. The molecule has 1 saturated carbocycles. The predicted molar refractivity (Wildman–Crippen MR) is 72.5 cm³/mol. The minimum atomic E-state index is -1.16. The van der Waals surface area contributed by atoms with Crippen LogP contribution in [0, 0.1) is 5.92 Å². The van der Waals surface area contributed by atoms with Crippen LogP contribution in [0.25, 0.3) is 0 Å². The highest BCUT2D eigenvalue weighted by atomic mass is 16.5. The Hall–Kier alpha value is -2.12. The third kappa shape index (κ3) is 3.93. The van der Waals surface area contributed by atoms with Gasteiger partial charge in [-0.05, 0) is 18.8 Å². The summed E-state index contributed by atoms with van der Waals surface area (Å²) in [6.07, 6.45) is 4.41. The van der Waals surface area contributed by atoms with Crippen LogP contribution in [0.15, 0.2) is 10.9 Å². The van der Waals surface area contributed by atoms with Crippen molar-refractivity contribution < 1.29 is 19.2 Å². The van der Waals surface area contributed by atoms with Gasteiger partial charge in [-0.15, -0.1) is 0 Å². The average molecular weight is 296 g/mol. The van der Waals surface area contributed by atoms with Gasteiger partial charge in [0.25, 0.3) is 0 Å². The molecule has 0 bridgehead atoms. The van der Waals surface area contributed by atoms with Crippen molar-refractivity contribution in [2.45, 2.75) is 44.6 Å². The van der Waals surface area contributed by atoms with E-state index in [9.17, 15) is 14.7 Å². The van der Waals surface area contributed by atoms with Crippen molar-refractivity contribution in [3.63, 3.8) is 0 Å². The molecular formula is C13H20N4O4. The smallest absolute Gasteiger partial charge is 0.329 e. The number of hydrogen-bond acceptors (Lipinski definition) is 5. The SMILES string of the molecule is CC1CCCC(NC(=O)NCCc2ncno2)(C(=O)O)C1. The van der Waals surface area contributed by atoms with Gasteiger partial charge < -0.3 is 20.3 Å². The minimum Gasteiger partial charge on any atom is -0.480 e. The Labute approximate surface area is 122 Å². The zero-order valence-corrected chi connectivity index (χ0v) is 12.0. The molecule has 8 nitrogen and oxygen atoms in total. The second-order valence-electron chi connectivity index (χ2n) is 5.55. The summed E-state index contributed by atoms with van der Waals surface area (Å²) in [4.78, 5) is 27.3. The molecule has 21 heavy (non-hydrogen) atoms. The highest BCUT2D eigenvalue weighted by Gasteiger charge is 2.43. The molecule has 2 unspecified atom stereocenters. The summed E-state index contributed by atoms with van der Waals surface area (Å²) in [6, 6.07) is -0.481. The molecule has 116 valence electrons. The van der Waals surface area contributed by atoms with E-state index in [0.29, 0.717) is 31.7 Å². The summed E-state index contributed by atoms with van der Waals surface area (Å²) in [5.41, 5.74) is -1.16. The lowest BCUT2D eigenvalue weighted by atomic mass is 9.76. The summed E-state index contributed by atoms with van der Waals surface area (Å²) in [5, 5.41) is 18.2. The van der Waals surface area contributed by atoms with Crippen LogP contribution in [-0.4, -0.2) is 39.3 Å². The van der Waals surface area contributed by atoms with Gasteiger partial charge in [-0.2, -0.15) is 4.98 Å². The molecule has 0 aromatic carbocycles. The van der Waals surface area contributed by atoms with Gasteiger partial charge in [-0.1, -0.05) is 24.9 Å². The second-order valence-corrected chi connectivity index (χ2v) is 5.55. The Bertz CT molecular complexity index is 490. The van der Waals surface area contributed by atoms with Gasteiger partial charge in [0.15, 0.2) is 6.33 Å². The molecule has 2 amide bonds. The fraction of sp³-hybridized carbons (Fsp3) is 0.692. The van der Waals surface area contributed by atoms with Crippen LogP contribution in [0.4, 0.5) is 4.79 Å². The maximum absolute atomic E-state index is 11.9. The summed E-state index contributed by atoms with van der Waals surface area (Å²) >= 11 is 0. The first kappa shape index (κ1) is 15.3. The van der Waals surface area contributed by atoms with Crippen LogP contribution < -0.4 is 10.6 Å². The normalized spacial score (nSPS) is 25.3. The lowest BCUT2D eigenvalue weighted by Gasteiger charge is -2.36. The molecule has 1 fully saturated rings. The van der Waals surface area contributed by atoms with Gasteiger partial charge >= 0.3 is 12.0 Å². The summed E-state index contributed by atoms with van der Waals surface area (Å²) < 4.78 is 4.81. The molecule has 1 aromatic rings. The molecule has 2 rings (SSSR count). The minimum absolute atomic E-state index is 0.286. The molecule has 0 aliphatic heterocycles. The van der Waals surface area contributed by atoms with Crippen molar-refractivity contribution in [1.82, 2.24) is 20.8 Å². The lowest BCUT2D eigenvalue weighted by molar-refractivity contribution is -0.146. The van der Waals surface area contributed by atoms with Crippen molar-refractivity contribution in [1.29, 1.82) is 0 Å². The molecule has 3 N–H and O–H groups in total. The van der Waals surface area contributed by atoms with Gasteiger partial charge in [-0.3, -0.25) is 0 Å². The molecule has 1 aliphatic carbocycles. The first-order valence-corrected chi connectivity index (χ1v) is 7.07. The number of rotatable bonds is 5. The zero-order valence-electron chi connectivity index (χ0n) is 12.0. The number of carbonyl (C=O) groups excluding carboxylic acids is 1. The van der Waals surface area contributed by atoms with E-state index >= 15 is 0 Å². The van der Waals surface area contributed by atoms with Crippen LogP contribution in [0.2, 0.25) is 0 Å². The van der Waals surface area contributed by atoms with Crippen molar-refractivity contribution in [2.24, 2.45) is 5.92 Å². The number of carboxylic acid groups (broad SMARTS) is 1. The maximum Gasteiger partial charge on any atom is 0.329 e. The van der Waals surface area contributed by atoms with Crippen LogP contribution >= 0.6 is 0 Å². The fourth-order valence-corrected chi connectivity index (χ4v) is 2.76. The summed E-state index contributed by atoms with van der Waals surface area (Å²) in [7, 11) is 0. The van der Waals surface area contributed by atoms with E-state index in [2.05, 4.69) is 20.8 Å². The van der Waals surface area contributed by atoms with Crippen LogP contribution in [0.5, 0.6) is 0 Å². The summed E-state index contributed by atoms with van der Waals surface area (Å²) in [5.74, 6) is -0.260. The fourth-order valence-electron chi connectivity index (χ4n) is 2.76. The Balaban J connectivity index is 1.85. The molecule has 1 aliphatic rings. The molecule has 8 heteroatoms. The number of carbonyl (C=O) groups is 2. The zero-order chi connectivity index (χ0) is 15.3. The number of urea groups is 1. The molecule has 1 heterocycles. The molecule has 1 aromatic heterocycles. The highest BCUT2D eigenvalue weighted by molar-refractivity contribution is 5.86. The van der Waals surface area contributed by atoms with Gasteiger partial charge in [0, 0.05) is 13.0 Å². The van der Waals surface area contributed by atoms with Gasteiger partial charge in [-0.25, -0.2) is 9.59 Å². The third-order valence-corrected chi connectivity index (χ3v) is 3.79. The van der Waals surface area contributed by atoms with E-state index in [1.807, 2.05) is 6.92 Å². The first-order valence-electron chi connectivity index (χ1n) is 7.07. The second kappa shape index (κ2) is 6.55. The topological polar surface area (TPSA) is 117 Å². The number of nitrogens with zero attached hydrogens (tertiary/aromatic N) is 2. The van der Waals surface area contributed by atoms with Crippen LogP contribution in [-0.2, 0) is 11.2 Å². The Morgan fingerprint density at radius 3 is 3.00 bits per heavy atom. The van der Waals surface area contributed by atoms with E-state index in [0.717, 1.165) is 12.8 Å². The van der Waals surface area contributed by atoms with Crippen LogP contribution in [0.3, 0.4) is 0 Å². The standard InChI is InChI=1S/C13H20N4O4/c1-9-3-2-5-13(7-9,11(18)19)17-12(20)14-6-4-10-15-8-16-21-10/h8-9H,2-7H2,1H3,(H,18,19)(H2,14,17,20). The largest absolute Gasteiger partial charge is 0.480 e. The molecular weight excluding hydrogens is 276 g/mol. The quantitative estimate of drug-likeness (QED) is 0.744. The monoisotopic (exact) mass is 296 g/mol. The average Bonchev–Trinajstić information content (AvgIpc) is 2.91. The van der Waals surface area contributed by atoms with Crippen molar-refractivity contribution >= 4 is 12.0 Å². The number of hydrogen-bond donors (Lipinski definition) is 3. The summed E-state index contributed by atoms with van der Waals surface area (Å²) in [6.45, 7) is 2.31. The number of carboxylic acids is 1. The Morgan fingerprint density at radius 1 is 1.57 bits per heavy atom. The van der Waals surface area contributed by atoms with Crippen molar-refractivity contribution in [3.05, 3.63) is 12.2 Å².